The van der Waals surface area contributed by atoms with Crippen molar-refractivity contribution < 1.29 is 0 Å². The van der Waals surface area contributed by atoms with Gasteiger partial charge in [0.15, 0.2) is 5.84 Å². The third-order valence-electron chi connectivity index (χ3n) is 4.83. The van der Waals surface area contributed by atoms with Crippen molar-refractivity contribution in [2.75, 3.05) is 31.1 Å². The second-order valence-corrected chi connectivity index (χ2v) is 9.33. The lowest BCUT2D eigenvalue weighted by molar-refractivity contribution is 0.461. The molecule has 0 N–H and O–H groups in total. The van der Waals surface area contributed by atoms with Crippen LogP contribution in [0.5, 0.6) is 0 Å². The third kappa shape index (κ3) is 4.65. The number of nitrogens with zero attached hydrogens (tertiary/aromatic N) is 4. The molecule has 0 bridgehead atoms. The number of amidine groups is 1. The number of aromatic nitrogens is 2. The lowest BCUT2D eigenvalue weighted by Gasteiger charge is -2.28. The summed E-state index contributed by atoms with van der Waals surface area (Å²) in [6.45, 7) is 4.68. The van der Waals surface area contributed by atoms with Crippen LogP contribution in [0.4, 0.5) is 0 Å². The predicted molar refractivity (Wildman–Crippen MR) is 130 cm³/mol. The molecule has 1 saturated heterocycles. The van der Waals surface area contributed by atoms with E-state index in [1.807, 2.05) is 59.8 Å². The zero-order valence-electron chi connectivity index (χ0n) is 16.5. The molecule has 0 radical (unpaired) electrons. The van der Waals surface area contributed by atoms with Gasteiger partial charge in [-0.15, -0.1) is 0 Å². The largest absolute Gasteiger partial charge is 0.353 e. The minimum atomic E-state index is 0.538. The molecular weight excluding hydrogens is 459 g/mol. The van der Waals surface area contributed by atoms with Gasteiger partial charge >= 0.3 is 0 Å². The predicted octanol–water partition coefficient (Wildman–Crippen LogP) is 6.31. The Balaban J connectivity index is 1.86. The van der Waals surface area contributed by atoms with Crippen molar-refractivity contribution in [2.45, 2.75) is 6.92 Å². The lowest BCUT2D eigenvalue weighted by atomic mass is 10.1. The van der Waals surface area contributed by atoms with E-state index in [2.05, 4.69) is 11.0 Å². The maximum atomic E-state index is 6.54. The molecule has 0 amide bonds. The molecule has 1 aliphatic rings. The average Bonchev–Trinajstić information content (AvgIpc) is 3.18. The van der Waals surface area contributed by atoms with Gasteiger partial charge in [0.05, 0.1) is 16.4 Å². The van der Waals surface area contributed by atoms with Gasteiger partial charge in [-0.25, -0.2) is 4.68 Å². The van der Waals surface area contributed by atoms with Crippen LogP contribution in [-0.2, 0) is 0 Å². The number of hydrogen-bond acceptors (Lipinski definition) is 3. The number of rotatable bonds is 4. The first-order valence-electron chi connectivity index (χ1n) is 9.75. The molecule has 0 aliphatic carbocycles. The molecule has 156 valence electrons. The van der Waals surface area contributed by atoms with E-state index in [-0.39, 0.29) is 0 Å². The first-order valence-corrected chi connectivity index (χ1v) is 12.0. The van der Waals surface area contributed by atoms with Gasteiger partial charge in [-0.05, 0) is 43.3 Å². The summed E-state index contributed by atoms with van der Waals surface area (Å²) in [6.07, 6.45) is 0. The number of halogens is 3. The van der Waals surface area contributed by atoms with Gasteiger partial charge in [-0.2, -0.15) is 16.9 Å². The smallest absolute Gasteiger partial charge is 0.151 e. The summed E-state index contributed by atoms with van der Waals surface area (Å²) in [5.41, 5.74) is 3.51. The molecule has 8 heteroatoms. The van der Waals surface area contributed by atoms with E-state index in [1.165, 1.54) is 0 Å². The highest BCUT2D eigenvalue weighted by molar-refractivity contribution is 7.99. The Morgan fingerprint density at radius 3 is 2.37 bits per heavy atom. The highest BCUT2D eigenvalue weighted by Gasteiger charge is 2.22. The second kappa shape index (κ2) is 9.65. The number of hydrogen-bond donors (Lipinski definition) is 0. The fourth-order valence-electron chi connectivity index (χ4n) is 3.42. The Hall–Kier alpha value is -1.66. The summed E-state index contributed by atoms with van der Waals surface area (Å²) in [4.78, 5) is 7.11. The van der Waals surface area contributed by atoms with Crippen molar-refractivity contribution in [1.29, 1.82) is 0 Å². The fourth-order valence-corrected chi connectivity index (χ4v) is 4.94. The molecule has 1 fully saturated rings. The van der Waals surface area contributed by atoms with Gasteiger partial charge < -0.3 is 4.90 Å². The quantitative estimate of drug-likeness (QED) is 0.324. The average molecular weight is 480 g/mol. The Bertz CT molecular complexity index is 1060. The molecule has 3 aromatic rings. The highest BCUT2D eigenvalue weighted by Crippen LogP contribution is 2.31. The Morgan fingerprint density at radius 2 is 1.70 bits per heavy atom. The Kier molecular flexibility index (Phi) is 6.94. The normalized spacial score (nSPS) is 14.9. The second-order valence-electron chi connectivity index (χ2n) is 6.83. The van der Waals surface area contributed by atoms with Crippen molar-refractivity contribution in [3.63, 3.8) is 0 Å². The molecule has 0 spiro atoms. The van der Waals surface area contributed by atoms with Crippen LogP contribution in [0.2, 0.25) is 15.1 Å². The van der Waals surface area contributed by atoms with Crippen LogP contribution in [0.1, 0.15) is 12.6 Å². The molecule has 1 aromatic heterocycles. The van der Waals surface area contributed by atoms with E-state index in [9.17, 15) is 0 Å². The molecule has 2 heterocycles. The maximum Gasteiger partial charge on any atom is 0.151 e. The van der Waals surface area contributed by atoms with Crippen LogP contribution in [0.3, 0.4) is 0 Å². The first kappa shape index (κ1) is 21.6. The van der Waals surface area contributed by atoms with Gasteiger partial charge in [0, 0.05) is 46.7 Å². The molecular formula is C22H21Cl3N4S. The van der Waals surface area contributed by atoms with Gasteiger partial charge in [0.25, 0.3) is 0 Å². The van der Waals surface area contributed by atoms with Crippen LogP contribution in [-0.4, -0.2) is 51.7 Å². The topological polar surface area (TPSA) is 33.4 Å². The van der Waals surface area contributed by atoms with Crippen LogP contribution in [0.25, 0.3) is 16.9 Å². The van der Waals surface area contributed by atoms with Crippen LogP contribution in [0, 0.1) is 0 Å². The maximum absolute atomic E-state index is 6.54. The van der Waals surface area contributed by atoms with E-state index in [0.717, 1.165) is 53.1 Å². The molecule has 2 aromatic carbocycles. The zero-order chi connectivity index (χ0) is 21.1. The summed E-state index contributed by atoms with van der Waals surface area (Å²) in [7, 11) is 0. The van der Waals surface area contributed by atoms with Crippen LogP contribution >= 0.6 is 46.6 Å². The zero-order valence-corrected chi connectivity index (χ0v) is 19.6. The Morgan fingerprint density at radius 1 is 1.00 bits per heavy atom. The summed E-state index contributed by atoms with van der Waals surface area (Å²) < 4.78 is 1.86. The number of thioether (sulfide) groups is 1. The Labute approximate surface area is 195 Å². The highest BCUT2D eigenvalue weighted by atomic mass is 35.5. The summed E-state index contributed by atoms with van der Waals surface area (Å²) in [5.74, 6) is 3.12. The van der Waals surface area contributed by atoms with E-state index < -0.39 is 0 Å². The molecule has 4 rings (SSSR count). The SMILES string of the molecule is CCN=C(c1cc(-c2ccc(Cl)cc2)n(-c2ccc(Cl)cc2Cl)n1)N1CCSCC1. The summed E-state index contributed by atoms with van der Waals surface area (Å²) >= 11 is 20.7. The van der Waals surface area contributed by atoms with E-state index in [0.29, 0.717) is 21.6 Å². The van der Waals surface area contributed by atoms with Crippen molar-refractivity contribution in [3.05, 3.63) is 69.3 Å². The summed E-state index contributed by atoms with van der Waals surface area (Å²) in [6, 6.07) is 15.2. The van der Waals surface area contributed by atoms with E-state index >= 15 is 0 Å². The number of aliphatic imine (C=N–C) groups is 1. The van der Waals surface area contributed by atoms with Gasteiger partial charge in [-0.3, -0.25) is 4.99 Å². The van der Waals surface area contributed by atoms with Crippen molar-refractivity contribution in [3.8, 4) is 16.9 Å². The van der Waals surface area contributed by atoms with Gasteiger partial charge in [0.1, 0.15) is 5.69 Å². The first-order chi connectivity index (χ1) is 14.6. The standard InChI is InChI=1S/C22H21Cl3N4S/c1-2-26-22(28-9-11-30-12-10-28)19-14-21(15-3-5-16(23)6-4-15)29(27-19)20-8-7-17(24)13-18(20)25/h3-8,13-14H,2,9-12H2,1H3. The van der Waals surface area contributed by atoms with Crippen molar-refractivity contribution in [2.24, 2.45) is 4.99 Å². The minimum absolute atomic E-state index is 0.538. The molecule has 30 heavy (non-hydrogen) atoms. The van der Waals surface area contributed by atoms with E-state index in [4.69, 9.17) is 44.9 Å². The lowest BCUT2D eigenvalue weighted by Crippen LogP contribution is -2.39. The van der Waals surface area contributed by atoms with Gasteiger partial charge in [0.2, 0.25) is 0 Å². The fraction of sp³-hybridized carbons (Fsp3) is 0.273. The number of benzene rings is 2. The van der Waals surface area contributed by atoms with Crippen molar-refractivity contribution >= 4 is 52.4 Å². The molecule has 1 aliphatic heterocycles. The molecule has 4 nitrogen and oxygen atoms in total. The summed E-state index contributed by atoms with van der Waals surface area (Å²) in [5, 5.41) is 6.75. The van der Waals surface area contributed by atoms with Crippen LogP contribution in [0.15, 0.2) is 53.5 Å². The molecule has 0 atom stereocenters. The van der Waals surface area contributed by atoms with Crippen LogP contribution < -0.4 is 0 Å². The minimum Gasteiger partial charge on any atom is -0.353 e. The molecule has 0 saturated carbocycles. The van der Waals surface area contributed by atoms with Crippen molar-refractivity contribution in [1.82, 2.24) is 14.7 Å². The third-order valence-corrected chi connectivity index (χ3v) is 6.57. The van der Waals surface area contributed by atoms with Gasteiger partial charge in [-0.1, -0.05) is 46.9 Å². The monoisotopic (exact) mass is 478 g/mol. The van der Waals surface area contributed by atoms with E-state index in [1.54, 1.807) is 6.07 Å². The molecule has 0 unspecified atom stereocenters.